The van der Waals surface area contributed by atoms with Gasteiger partial charge in [-0.3, -0.25) is 0 Å². The van der Waals surface area contributed by atoms with Gasteiger partial charge in [-0.15, -0.1) is 0 Å². The Hall–Kier alpha value is -2.11. The fraction of sp³-hybridized carbons (Fsp3) is 0.364. The summed E-state index contributed by atoms with van der Waals surface area (Å²) in [5, 5.41) is 16.5. The smallest absolute Gasteiger partial charge is 0.328 e. The standard InChI is InChI=1S/C11H13N3O3/c1-6-8-7(13-11(2,3)10(15)16)4-5-12-9(8)17-14-6/h4-5H,1-3H3,(H,12,13)(H,15,16). The second-order valence-corrected chi connectivity index (χ2v) is 4.36. The van der Waals surface area contributed by atoms with E-state index in [1.807, 2.05) is 0 Å². The fourth-order valence-electron chi connectivity index (χ4n) is 1.51. The highest BCUT2D eigenvalue weighted by atomic mass is 16.5. The maximum Gasteiger partial charge on any atom is 0.328 e. The zero-order valence-corrected chi connectivity index (χ0v) is 9.81. The van der Waals surface area contributed by atoms with E-state index < -0.39 is 11.5 Å². The predicted molar refractivity (Wildman–Crippen MR) is 61.9 cm³/mol. The minimum absolute atomic E-state index is 0.397. The molecule has 0 atom stereocenters. The molecule has 0 bridgehead atoms. The number of aryl methyl sites for hydroxylation is 1. The lowest BCUT2D eigenvalue weighted by Gasteiger charge is -2.22. The Morgan fingerprint density at radius 1 is 1.53 bits per heavy atom. The van der Waals surface area contributed by atoms with Gasteiger partial charge in [-0.05, 0) is 26.8 Å². The van der Waals surface area contributed by atoms with Crippen LogP contribution < -0.4 is 5.32 Å². The number of aromatic nitrogens is 2. The summed E-state index contributed by atoms with van der Waals surface area (Å²) in [6.45, 7) is 4.96. The van der Waals surface area contributed by atoms with Crippen molar-refractivity contribution >= 4 is 22.8 Å². The van der Waals surface area contributed by atoms with Crippen molar-refractivity contribution in [1.82, 2.24) is 10.1 Å². The van der Waals surface area contributed by atoms with Crippen LogP contribution in [-0.4, -0.2) is 26.8 Å². The Kier molecular flexibility index (Phi) is 2.49. The molecular weight excluding hydrogens is 222 g/mol. The fourth-order valence-corrected chi connectivity index (χ4v) is 1.51. The first kappa shape index (κ1) is 11.4. The van der Waals surface area contributed by atoms with Crippen LogP contribution in [0.5, 0.6) is 0 Å². The highest BCUT2D eigenvalue weighted by molar-refractivity contribution is 5.92. The van der Waals surface area contributed by atoms with E-state index in [9.17, 15) is 4.79 Å². The largest absolute Gasteiger partial charge is 0.480 e. The van der Waals surface area contributed by atoms with Crippen molar-refractivity contribution in [1.29, 1.82) is 0 Å². The zero-order valence-electron chi connectivity index (χ0n) is 9.81. The first-order valence-electron chi connectivity index (χ1n) is 5.14. The number of rotatable bonds is 3. The van der Waals surface area contributed by atoms with Crippen LogP contribution in [0.4, 0.5) is 5.69 Å². The molecule has 6 nitrogen and oxygen atoms in total. The van der Waals surface area contributed by atoms with Crippen molar-refractivity contribution in [2.45, 2.75) is 26.3 Å². The number of fused-ring (bicyclic) bond motifs is 1. The Balaban J connectivity index is 2.49. The second kappa shape index (κ2) is 3.73. The van der Waals surface area contributed by atoms with E-state index in [1.54, 1.807) is 33.0 Å². The molecule has 0 unspecified atom stereocenters. The Labute approximate surface area is 97.6 Å². The normalized spacial score (nSPS) is 11.7. The molecule has 0 amide bonds. The highest BCUT2D eigenvalue weighted by Gasteiger charge is 2.28. The molecule has 17 heavy (non-hydrogen) atoms. The number of nitrogens with one attached hydrogen (secondary N) is 1. The van der Waals surface area contributed by atoms with E-state index in [2.05, 4.69) is 15.5 Å². The summed E-state index contributed by atoms with van der Waals surface area (Å²) in [6.07, 6.45) is 1.55. The van der Waals surface area contributed by atoms with E-state index in [0.29, 0.717) is 22.5 Å². The number of carbonyl (C=O) groups is 1. The van der Waals surface area contributed by atoms with Gasteiger partial charge in [-0.2, -0.15) is 0 Å². The quantitative estimate of drug-likeness (QED) is 0.843. The highest BCUT2D eigenvalue weighted by Crippen LogP contribution is 2.27. The van der Waals surface area contributed by atoms with Gasteiger partial charge in [0.2, 0.25) is 0 Å². The van der Waals surface area contributed by atoms with Crippen LogP contribution in [0.15, 0.2) is 16.8 Å². The van der Waals surface area contributed by atoms with E-state index in [-0.39, 0.29) is 0 Å². The van der Waals surface area contributed by atoms with Crippen molar-refractivity contribution in [3.05, 3.63) is 18.0 Å². The van der Waals surface area contributed by atoms with E-state index in [0.717, 1.165) is 0 Å². The van der Waals surface area contributed by atoms with Gasteiger partial charge < -0.3 is 14.9 Å². The number of carboxylic acids is 1. The van der Waals surface area contributed by atoms with Gasteiger partial charge in [0.1, 0.15) is 5.54 Å². The molecule has 2 N–H and O–H groups in total. The molecule has 6 heteroatoms. The first-order chi connectivity index (χ1) is 7.92. The topological polar surface area (TPSA) is 88.3 Å². The van der Waals surface area contributed by atoms with E-state index in [1.165, 1.54) is 0 Å². The third-order valence-corrected chi connectivity index (χ3v) is 2.53. The molecule has 2 rings (SSSR count). The van der Waals surface area contributed by atoms with Gasteiger partial charge in [0.15, 0.2) is 0 Å². The monoisotopic (exact) mass is 235 g/mol. The molecule has 0 fully saturated rings. The van der Waals surface area contributed by atoms with Crippen LogP contribution in [0, 0.1) is 6.92 Å². The lowest BCUT2D eigenvalue weighted by Crippen LogP contribution is -2.40. The second-order valence-electron chi connectivity index (χ2n) is 4.36. The molecular formula is C11H13N3O3. The molecule has 0 saturated heterocycles. The maximum absolute atomic E-state index is 11.1. The van der Waals surface area contributed by atoms with Gasteiger partial charge in [0.25, 0.3) is 5.71 Å². The number of carboxylic acid groups (broad SMARTS) is 1. The molecule has 0 saturated carbocycles. The van der Waals surface area contributed by atoms with Gasteiger partial charge in [0.05, 0.1) is 16.8 Å². The lowest BCUT2D eigenvalue weighted by atomic mass is 10.1. The summed E-state index contributed by atoms with van der Waals surface area (Å²) in [5.41, 5.74) is 0.657. The van der Waals surface area contributed by atoms with Gasteiger partial charge in [-0.1, -0.05) is 5.16 Å². The number of aliphatic carboxylic acids is 1. The number of hydrogen-bond acceptors (Lipinski definition) is 5. The predicted octanol–water partition coefficient (Wildman–Crippen LogP) is 1.81. The molecule has 90 valence electrons. The minimum atomic E-state index is -1.07. The summed E-state index contributed by atoms with van der Waals surface area (Å²) in [6, 6.07) is 1.71. The van der Waals surface area contributed by atoms with Crippen LogP contribution in [0.25, 0.3) is 11.1 Å². The summed E-state index contributed by atoms with van der Waals surface area (Å²) >= 11 is 0. The SMILES string of the molecule is Cc1noc2nccc(NC(C)(C)C(=O)O)c12. The third kappa shape index (κ3) is 1.93. The molecule has 0 aromatic carbocycles. The molecule has 2 aromatic rings. The van der Waals surface area contributed by atoms with Gasteiger partial charge >= 0.3 is 5.97 Å². The Morgan fingerprint density at radius 3 is 2.88 bits per heavy atom. The van der Waals surface area contributed by atoms with Crippen molar-refractivity contribution in [3.63, 3.8) is 0 Å². The van der Waals surface area contributed by atoms with Crippen LogP contribution in [-0.2, 0) is 4.79 Å². The van der Waals surface area contributed by atoms with Crippen LogP contribution in [0.1, 0.15) is 19.5 Å². The van der Waals surface area contributed by atoms with Gasteiger partial charge in [0, 0.05) is 6.20 Å². The molecule has 0 spiro atoms. The van der Waals surface area contributed by atoms with Crippen molar-refractivity contribution in [2.75, 3.05) is 5.32 Å². The Bertz CT molecular complexity index is 574. The van der Waals surface area contributed by atoms with Crippen molar-refractivity contribution < 1.29 is 14.4 Å². The van der Waals surface area contributed by atoms with Gasteiger partial charge in [-0.25, -0.2) is 9.78 Å². The maximum atomic E-state index is 11.1. The van der Waals surface area contributed by atoms with Crippen LogP contribution in [0.3, 0.4) is 0 Å². The minimum Gasteiger partial charge on any atom is -0.480 e. The van der Waals surface area contributed by atoms with Crippen molar-refractivity contribution in [2.24, 2.45) is 0 Å². The molecule has 2 heterocycles. The zero-order chi connectivity index (χ0) is 12.6. The van der Waals surface area contributed by atoms with E-state index >= 15 is 0 Å². The summed E-state index contributed by atoms with van der Waals surface area (Å²) in [4.78, 5) is 15.1. The Morgan fingerprint density at radius 2 is 2.24 bits per heavy atom. The first-order valence-corrected chi connectivity index (χ1v) is 5.14. The molecule has 0 aliphatic rings. The summed E-state index contributed by atoms with van der Waals surface area (Å²) in [7, 11) is 0. The lowest BCUT2D eigenvalue weighted by molar-refractivity contribution is -0.141. The number of nitrogens with zero attached hydrogens (tertiary/aromatic N) is 2. The summed E-state index contributed by atoms with van der Waals surface area (Å²) in [5.74, 6) is -0.934. The molecule has 0 aliphatic carbocycles. The molecule has 0 radical (unpaired) electrons. The van der Waals surface area contributed by atoms with Crippen molar-refractivity contribution in [3.8, 4) is 0 Å². The van der Waals surface area contributed by atoms with E-state index in [4.69, 9.17) is 9.63 Å². The average Bonchev–Trinajstić information content (AvgIpc) is 2.61. The molecule has 2 aromatic heterocycles. The molecule has 0 aliphatic heterocycles. The average molecular weight is 235 g/mol. The van der Waals surface area contributed by atoms with Crippen LogP contribution in [0.2, 0.25) is 0 Å². The summed E-state index contributed by atoms with van der Waals surface area (Å²) < 4.78 is 5.02. The third-order valence-electron chi connectivity index (χ3n) is 2.53. The number of anilines is 1. The number of hydrogen-bond donors (Lipinski definition) is 2. The number of pyridine rings is 1. The van der Waals surface area contributed by atoms with Crippen LogP contribution >= 0.6 is 0 Å².